The van der Waals surface area contributed by atoms with Crippen LogP contribution in [0.4, 0.5) is 19.3 Å². The molecule has 4 amide bonds. The summed E-state index contributed by atoms with van der Waals surface area (Å²) in [5, 5.41) is 4.87. The van der Waals surface area contributed by atoms with Gasteiger partial charge in [-0.3, -0.25) is 14.5 Å². The van der Waals surface area contributed by atoms with Gasteiger partial charge in [0.25, 0.3) is 5.91 Å². The summed E-state index contributed by atoms with van der Waals surface area (Å²) in [5.74, 6) is -3.11. The first-order valence-electron chi connectivity index (χ1n) is 9.42. The van der Waals surface area contributed by atoms with Gasteiger partial charge >= 0.3 is 6.03 Å². The molecule has 1 atom stereocenters. The molecular formula is C22H23F2N3O3. The van der Waals surface area contributed by atoms with Crippen LogP contribution < -0.4 is 10.6 Å². The zero-order valence-corrected chi connectivity index (χ0v) is 17.2. The highest BCUT2D eigenvalue weighted by molar-refractivity contribution is 6.10. The fourth-order valence-corrected chi connectivity index (χ4v) is 3.26. The first kappa shape index (κ1) is 21.4. The van der Waals surface area contributed by atoms with E-state index in [2.05, 4.69) is 31.4 Å². The van der Waals surface area contributed by atoms with Gasteiger partial charge in [-0.1, -0.05) is 45.0 Å². The first-order valence-corrected chi connectivity index (χ1v) is 9.42. The topological polar surface area (TPSA) is 78.5 Å². The molecule has 6 nitrogen and oxygen atoms in total. The predicted molar refractivity (Wildman–Crippen MR) is 108 cm³/mol. The number of halogens is 2. The van der Waals surface area contributed by atoms with Gasteiger partial charge < -0.3 is 10.6 Å². The number of anilines is 1. The van der Waals surface area contributed by atoms with Crippen molar-refractivity contribution in [1.82, 2.24) is 10.2 Å². The Morgan fingerprint density at radius 3 is 2.30 bits per heavy atom. The van der Waals surface area contributed by atoms with Crippen molar-refractivity contribution in [1.29, 1.82) is 0 Å². The molecule has 0 spiro atoms. The Kier molecular flexibility index (Phi) is 5.36. The standard InChI is InChI=1S/C22H23F2N3O3/c1-21(2,3)13-5-7-14(8-6-13)22(4)19(29)27(20(30)26-22)12-18(28)25-17-10-9-15(23)11-16(17)24/h5-11H,12H2,1-4H3,(H,25,28)(H,26,30). The minimum atomic E-state index is -1.32. The molecule has 2 N–H and O–H groups in total. The van der Waals surface area contributed by atoms with Crippen LogP contribution in [0.3, 0.4) is 0 Å². The lowest BCUT2D eigenvalue weighted by atomic mass is 9.84. The highest BCUT2D eigenvalue weighted by atomic mass is 19.1. The molecule has 3 rings (SSSR count). The Labute approximate surface area is 173 Å². The van der Waals surface area contributed by atoms with Crippen molar-refractivity contribution in [2.45, 2.75) is 38.6 Å². The van der Waals surface area contributed by atoms with Crippen molar-refractivity contribution >= 4 is 23.5 Å². The summed E-state index contributed by atoms with van der Waals surface area (Å²) in [6.45, 7) is 7.16. The maximum absolute atomic E-state index is 13.7. The van der Waals surface area contributed by atoms with E-state index in [-0.39, 0.29) is 11.1 Å². The van der Waals surface area contributed by atoms with Crippen LogP contribution in [0.25, 0.3) is 0 Å². The predicted octanol–water partition coefficient (Wildman–Crippen LogP) is 3.67. The minimum absolute atomic E-state index is 0.0673. The SMILES string of the molecule is CC(C)(C)c1ccc(C2(C)NC(=O)N(CC(=O)Nc3ccc(F)cc3F)C2=O)cc1. The number of carbonyl (C=O) groups excluding carboxylic acids is 3. The van der Waals surface area contributed by atoms with Crippen LogP contribution in [0, 0.1) is 11.6 Å². The minimum Gasteiger partial charge on any atom is -0.322 e. The van der Waals surface area contributed by atoms with Gasteiger partial charge in [-0.15, -0.1) is 0 Å². The second kappa shape index (κ2) is 7.51. The molecule has 0 saturated carbocycles. The Morgan fingerprint density at radius 2 is 1.73 bits per heavy atom. The molecule has 2 aromatic rings. The van der Waals surface area contributed by atoms with Crippen molar-refractivity contribution in [2.24, 2.45) is 0 Å². The highest BCUT2D eigenvalue weighted by Gasteiger charge is 2.49. The fourth-order valence-electron chi connectivity index (χ4n) is 3.26. The van der Waals surface area contributed by atoms with Gasteiger partial charge in [-0.2, -0.15) is 0 Å². The maximum Gasteiger partial charge on any atom is 0.325 e. The summed E-state index contributed by atoms with van der Waals surface area (Å²) in [4.78, 5) is 38.4. The van der Waals surface area contributed by atoms with Crippen LogP contribution in [-0.4, -0.2) is 29.3 Å². The molecule has 1 heterocycles. The van der Waals surface area contributed by atoms with Crippen LogP contribution >= 0.6 is 0 Å². The lowest BCUT2D eigenvalue weighted by Gasteiger charge is -2.24. The van der Waals surface area contributed by atoms with Gasteiger partial charge in [0, 0.05) is 6.07 Å². The molecule has 30 heavy (non-hydrogen) atoms. The van der Waals surface area contributed by atoms with Crippen molar-refractivity contribution in [3.8, 4) is 0 Å². The Bertz CT molecular complexity index is 1020. The van der Waals surface area contributed by atoms with E-state index in [4.69, 9.17) is 0 Å². The molecule has 0 bridgehead atoms. The Morgan fingerprint density at radius 1 is 1.10 bits per heavy atom. The zero-order chi connectivity index (χ0) is 22.3. The third kappa shape index (κ3) is 4.03. The molecule has 1 saturated heterocycles. The van der Waals surface area contributed by atoms with E-state index in [1.807, 2.05) is 12.1 Å². The molecule has 158 valence electrons. The summed E-state index contributed by atoms with van der Waals surface area (Å²) < 4.78 is 26.7. The molecular weight excluding hydrogens is 392 g/mol. The average Bonchev–Trinajstić information content (AvgIpc) is 2.87. The number of nitrogens with zero attached hydrogens (tertiary/aromatic N) is 1. The van der Waals surface area contributed by atoms with Crippen molar-refractivity contribution < 1.29 is 23.2 Å². The summed E-state index contributed by atoms with van der Waals surface area (Å²) >= 11 is 0. The van der Waals surface area contributed by atoms with Crippen molar-refractivity contribution in [2.75, 3.05) is 11.9 Å². The van der Waals surface area contributed by atoms with Gasteiger partial charge in [0.1, 0.15) is 23.7 Å². The third-order valence-corrected chi connectivity index (χ3v) is 5.11. The van der Waals surface area contributed by atoms with Gasteiger partial charge in [0.2, 0.25) is 5.91 Å². The summed E-state index contributed by atoms with van der Waals surface area (Å²) in [6, 6.07) is 9.30. The Hall–Kier alpha value is -3.29. The molecule has 0 aromatic heterocycles. The Balaban J connectivity index is 1.76. The van der Waals surface area contributed by atoms with Crippen molar-refractivity contribution in [3.05, 3.63) is 65.2 Å². The largest absolute Gasteiger partial charge is 0.325 e. The molecule has 0 radical (unpaired) electrons. The van der Waals surface area contributed by atoms with E-state index >= 15 is 0 Å². The lowest BCUT2D eigenvalue weighted by Crippen LogP contribution is -2.42. The number of imide groups is 1. The van der Waals surface area contributed by atoms with Crippen LogP contribution in [0.15, 0.2) is 42.5 Å². The molecule has 0 aliphatic carbocycles. The molecule has 1 fully saturated rings. The van der Waals surface area contributed by atoms with Crippen LogP contribution in [0.2, 0.25) is 0 Å². The molecule has 1 aliphatic rings. The van der Waals surface area contributed by atoms with Crippen LogP contribution in [0.1, 0.15) is 38.8 Å². The molecule has 8 heteroatoms. The number of nitrogens with one attached hydrogen (secondary N) is 2. The number of rotatable bonds is 4. The number of hydrogen-bond acceptors (Lipinski definition) is 3. The number of carbonyl (C=O) groups is 3. The van der Waals surface area contributed by atoms with Gasteiger partial charge in [0.15, 0.2) is 0 Å². The van der Waals surface area contributed by atoms with Gasteiger partial charge in [0.05, 0.1) is 5.69 Å². The van der Waals surface area contributed by atoms with E-state index in [1.54, 1.807) is 19.1 Å². The number of urea groups is 1. The maximum atomic E-state index is 13.7. The number of amides is 4. The van der Waals surface area contributed by atoms with E-state index in [0.717, 1.165) is 22.6 Å². The van der Waals surface area contributed by atoms with Gasteiger partial charge in [-0.25, -0.2) is 13.6 Å². The van der Waals surface area contributed by atoms with E-state index in [9.17, 15) is 23.2 Å². The summed E-state index contributed by atoms with van der Waals surface area (Å²) in [5.41, 5.74) is 0.0244. The second-order valence-corrected chi connectivity index (χ2v) is 8.45. The van der Waals surface area contributed by atoms with Crippen LogP contribution in [0.5, 0.6) is 0 Å². The fraction of sp³-hybridized carbons (Fsp3) is 0.318. The monoisotopic (exact) mass is 415 g/mol. The second-order valence-electron chi connectivity index (χ2n) is 8.45. The lowest BCUT2D eigenvalue weighted by molar-refractivity contribution is -0.133. The quantitative estimate of drug-likeness (QED) is 0.748. The van der Waals surface area contributed by atoms with E-state index < -0.39 is 41.6 Å². The zero-order valence-electron chi connectivity index (χ0n) is 17.2. The summed E-state index contributed by atoms with van der Waals surface area (Å²) in [7, 11) is 0. The highest BCUT2D eigenvalue weighted by Crippen LogP contribution is 2.31. The number of hydrogen-bond donors (Lipinski definition) is 2. The van der Waals surface area contributed by atoms with E-state index in [1.165, 1.54) is 0 Å². The first-order chi connectivity index (χ1) is 13.9. The molecule has 2 aromatic carbocycles. The number of benzene rings is 2. The smallest absolute Gasteiger partial charge is 0.322 e. The normalized spacial score (nSPS) is 19.1. The summed E-state index contributed by atoms with van der Waals surface area (Å²) in [6.07, 6.45) is 0. The third-order valence-electron chi connectivity index (χ3n) is 5.11. The molecule has 1 aliphatic heterocycles. The van der Waals surface area contributed by atoms with E-state index in [0.29, 0.717) is 11.6 Å². The molecule has 1 unspecified atom stereocenters. The average molecular weight is 415 g/mol. The van der Waals surface area contributed by atoms with Crippen molar-refractivity contribution in [3.63, 3.8) is 0 Å². The van der Waals surface area contributed by atoms with Gasteiger partial charge in [-0.05, 0) is 35.6 Å². The van der Waals surface area contributed by atoms with Crippen LogP contribution in [-0.2, 0) is 20.5 Å².